The molecule has 2 amide bonds. The van der Waals surface area contributed by atoms with Crippen LogP contribution in [0.15, 0.2) is 36.4 Å². The molecule has 1 aliphatic rings. The molecule has 3 rings (SSSR count). The molecule has 12 heteroatoms. The monoisotopic (exact) mass is 487 g/mol. The number of carbonyl (C=O) groups is 2. The van der Waals surface area contributed by atoms with E-state index in [0.717, 1.165) is 12.1 Å². The number of aliphatic hydroxyl groups is 1. The maximum absolute atomic E-state index is 13.3. The molecule has 0 unspecified atom stereocenters. The van der Waals surface area contributed by atoms with E-state index in [1.165, 1.54) is 38.1 Å². The van der Waals surface area contributed by atoms with Gasteiger partial charge in [-0.1, -0.05) is 12.1 Å². The molecule has 1 aliphatic carbocycles. The SMILES string of the molecule is Cc1cc(C(=O)NC2(c3cccc(OC(F)(F)C(F)(F)F)c3)CC2)cc(NC(=O)C(C)(C)O)n1. The number of hydrogen-bond acceptors (Lipinski definition) is 5. The van der Waals surface area contributed by atoms with Crippen molar-refractivity contribution in [3.8, 4) is 5.75 Å². The highest BCUT2D eigenvalue weighted by atomic mass is 19.4. The lowest BCUT2D eigenvalue weighted by molar-refractivity contribution is -0.360. The van der Waals surface area contributed by atoms with Crippen molar-refractivity contribution in [2.24, 2.45) is 0 Å². The van der Waals surface area contributed by atoms with Gasteiger partial charge in [0, 0.05) is 11.3 Å². The molecule has 0 aliphatic heterocycles. The average molecular weight is 487 g/mol. The van der Waals surface area contributed by atoms with Crippen molar-refractivity contribution >= 4 is 17.6 Å². The second kappa shape index (κ2) is 8.49. The molecule has 7 nitrogen and oxygen atoms in total. The number of amides is 2. The van der Waals surface area contributed by atoms with Gasteiger partial charge in [0.1, 0.15) is 17.2 Å². The first-order valence-electron chi connectivity index (χ1n) is 10.1. The number of benzene rings is 1. The van der Waals surface area contributed by atoms with E-state index in [1.54, 1.807) is 6.92 Å². The van der Waals surface area contributed by atoms with Crippen molar-refractivity contribution in [1.82, 2.24) is 10.3 Å². The molecule has 0 spiro atoms. The first kappa shape index (κ1) is 25.3. The third-order valence-corrected chi connectivity index (χ3v) is 5.08. The van der Waals surface area contributed by atoms with E-state index in [0.29, 0.717) is 24.1 Å². The Bertz CT molecular complexity index is 1110. The number of nitrogens with zero attached hydrogens (tertiary/aromatic N) is 1. The summed E-state index contributed by atoms with van der Waals surface area (Å²) < 4.78 is 67.8. The summed E-state index contributed by atoms with van der Waals surface area (Å²) in [6, 6.07) is 7.48. The lowest BCUT2D eigenvalue weighted by Crippen LogP contribution is -2.42. The van der Waals surface area contributed by atoms with Crippen LogP contribution in [0.1, 0.15) is 48.3 Å². The maximum atomic E-state index is 13.3. The first-order chi connectivity index (χ1) is 15.5. The lowest BCUT2D eigenvalue weighted by Gasteiger charge is -2.22. The molecule has 34 heavy (non-hydrogen) atoms. The van der Waals surface area contributed by atoms with Gasteiger partial charge in [-0.3, -0.25) is 9.59 Å². The van der Waals surface area contributed by atoms with Crippen LogP contribution in [0.4, 0.5) is 27.8 Å². The van der Waals surface area contributed by atoms with Crippen molar-refractivity contribution in [2.75, 3.05) is 5.32 Å². The summed E-state index contributed by atoms with van der Waals surface area (Å²) in [6.07, 6.45) is -10.4. The summed E-state index contributed by atoms with van der Waals surface area (Å²) in [4.78, 5) is 29.0. The number of pyridine rings is 1. The number of carbonyl (C=O) groups excluding carboxylic acids is 2. The Morgan fingerprint density at radius 3 is 2.29 bits per heavy atom. The van der Waals surface area contributed by atoms with Gasteiger partial charge in [-0.2, -0.15) is 22.0 Å². The van der Waals surface area contributed by atoms with Crippen LogP contribution >= 0.6 is 0 Å². The summed E-state index contributed by atoms with van der Waals surface area (Å²) in [6.45, 7) is 4.15. The second-order valence-electron chi connectivity index (χ2n) is 8.58. The zero-order valence-corrected chi connectivity index (χ0v) is 18.4. The van der Waals surface area contributed by atoms with Crippen LogP contribution in [0.2, 0.25) is 0 Å². The number of anilines is 1. The largest absolute Gasteiger partial charge is 0.499 e. The number of nitrogens with one attached hydrogen (secondary N) is 2. The molecule has 1 fully saturated rings. The van der Waals surface area contributed by atoms with E-state index < -0.39 is 41.0 Å². The minimum Gasteiger partial charge on any atom is -0.426 e. The number of alkyl halides is 5. The van der Waals surface area contributed by atoms with E-state index in [2.05, 4.69) is 20.4 Å². The van der Waals surface area contributed by atoms with Crippen molar-refractivity contribution < 1.29 is 41.4 Å². The zero-order chi connectivity index (χ0) is 25.5. The fourth-order valence-corrected chi connectivity index (χ4v) is 3.10. The van der Waals surface area contributed by atoms with Crippen LogP contribution in [0.3, 0.4) is 0 Å². The van der Waals surface area contributed by atoms with Gasteiger partial charge in [0.15, 0.2) is 0 Å². The molecule has 3 N–H and O–H groups in total. The summed E-state index contributed by atoms with van der Waals surface area (Å²) >= 11 is 0. The number of aromatic nitrogens is 1. The minimum atomic E-state index is -5.88. The summed E-state index contributed by atoms with van der Waals surface area (Å²) in [5.74, 6) is -1.97. The third kappa shape index (κ3) is 5.61. The number of halogens is 5. The van der Waals surface area contributed by atoms with Gasteiger partial charge in [-0.05, 0) is 63.4 Å². The predicted molar refractivity (Wildman–Crippen MR) is 110 cm³/mol. The van der Waals surface area contributed by atoms with E-state index in [-0.39, 0.29) is 11.4 Å². The van der Waals surface area contributed by atoms with Gasteiger partial charge in [0.05, 0.1) is 5.54 Å². The average Bonchev–Trinajstić information content (AvgIpc) is 3.46. The molecular formula is C22H22F5N3O4. The Morgan fingerprint density at radius 1 is 1.09 bits per heavy atom. The fraction of sp³-hybridized carbons (Fsp3) is 0.409. The molecule has 1 heterocycles. The highest BCUT2D eigenvalue weighted by Crippen LogP contribution is 2.47. The third-order valence-electron chi connectivity index (χ3n) is 5.08. The van der Waals surface area contributed by atoms with E-state index >= 15 is 0 Å². The maximum Gasteiger partial charge on any atom is 0.499 e. The molecule has 0 bridgehead atoms. The summed E-state index contributed by atoms with van der Waals surface area (Å²) in [7, 11) is 0. The lowest BCUT2D eigenvalue weighted by atomic mass is 10.0. The van der Waals surface area contributed by atoms with Gasteiger partial charge in [0.2, 0.25) is 0 Å². The molecular weight excluding hydrogens is 465 g/mol. The van der Waals surface area contributed by atoms with Crippen molar-refractivity contribution in [3.63, 3.8) is 0 Å². The smallest absolute Gasteiger partial charge is 0.426 e. The molecule has 1 aromatic carbocycles. The summed E-state index contributed by atoms with van der Waals surface area (Å²) in [5, 5.41) is 15.0. The van der Waals surface area contributed by atoms with Gasteiger partial charge in [0.25, 0.3) is 11.8 Å². The van der Waals surface area contributed by atoms with Crippen molar-refractivity contribution in [3.05, 3.63) is 53.2 Å². The number of ether oxygens (including phenoxy) is 1. The van der Waals surface area contributed by atoms with E-state index in [9.17, 15) is 36.6 Å². The molecule has 1 saturated carbocycles. The van der Waals surface area contributed by atoms with Crippen molar-refractivity contribution in [2.45, 2.75) is 57.0 Å². The fourth-order valence-electron chi connectivity index (χ4n) is 3.10. The van der Waals surface area contributed by atoms with Gasteiger partial charge < -0.3 is 20.5 Å². The normalized spacial score (nSPS) is 15.4. The molecule has 0 radical (unpaired) electrons. The number of hydrogen-bond donors (Lipinski definition) is 3. The highest BCUT2D eigenvalue weighted by Gasteiger charge is 2.61. The topological polar surface area (TPSA) is 101 Å². The summed E-state index contributed by atoms with van der Waals surface area (Å²) in [5.41, 5.74) is -1.83. The molecule has 0 atom stereocenters. The number of rotatable bonds is 7. The number of aryl methyl sites for hydroxylation is 1. The van der Waals surface area contributed by atoms with E-state index in [4.69, 9.17) is 0 Å². The standard InChI is InChI=1S/C22H22F5N3O4/c1-12-9-13(10-16(28-12)29-18(32)19(2,3)33)17(31)30-20(7-8-20)14-5-4-6-15(11-14)34-22(26,27)21(23,24)25/h4-6,9-11,33H,7-8H2,1-3H3,(H,30,31)(H,28,29,32). The van der Waals surface area contributed by atoms with Gasteiger partial charge in [-0.25, -0.2) is 4.98 Å². The van der Waals surface area contributed by atoms with Crippen LogP contribution in [0, 0.1) is 6.92 Å². The Hall–Kier alpha value is -3.28. The Balaban J connectivity index is 1.79. The van der Waals surface area contributed by atoms with Crippen molar-refractivity contribution in [1.29, 1.82) is 0 Å². The predicted octanol–water partition coefficient (Wildman–Crippen LogP) is 4.05. The Labute approximate surface area is 191 Å². The van der Waals surface area contributed by atoms with Crippen LogP contribution in [-0.4, -0.2) is 39.8 Å². The quantitative estimate of drug-likeness (QED) is 0.512. The molecule has 184 valence electrons. The Kier molecular flexibility index (Phi) is 6.33. The molecule has 0 saturated heterocycles. The van der Waals surface area contributed by atoms with E-state index in [1.807, 2.05) is 0 Å². The minimum absolute atomic E-state index is 0.0342. The van der Waals surface area contributed by atoms with Crippen LogP contribution < -0.4 is 15.4 Å². The van der Waals surface area contributed by atoms with Gasteiger partial charge in [-0.15, -0.1) is 0 Å². The van der Waals surface area contributed by atoms with Crippen LogP contribution in [-0.2, 0) is 10.3 Å². The van der Waals surface area contributed by atoms with Crippen LogP contribution in [0.25, 0.3) is 0 Å². The molecule has 1 aromatic heterocycles. The Morgan fingerprint density at radius 2 is 1.74 bits per heavy atom. The zero-order valence-electron chi connectivity index (χ0n) is 18.4. The van der Waals surface area contributed by atoms with Crippen LogP contribution in [0.5, 0.6) is 5.75 Å². The molecule has 2 aromatic rings. The second-order valence-corrected chi connectivity index (χ2v) is 8.58. The van der Waals surface area contributed by atoms with Gasteiger partial charge >= 0.3 is 12.3 Å². The first-order valence-corrected chi connectivity index (χ1v) is 10.1. The highest BCUT2D eigenvalue weighted by molar-refractivity contribution is 5.99.